The molecule has 0 saturated heterocycles. The Balaban J connectivity index is 2.37. The molecular weight excluding hydrogens is 349 g/mol. The molecule has 1 amide bonds. The smallest absolute Gasteiger partial charge is 0.275 e. The molecule has 0 unspecified atom stereocenters. The summed E-state index contributed by atoms with van der Waals surface area (Å²) in [6.07, 6.45) is 2.35. The van der Waals surface area contributed by atoms with Gasteiger partial charge in [0.2, 0.25) is 10.0 Å². The maximum absolute atomic E-state index is 14.6. The lowest BCUT2D eigenvalue weighted by molar-refractivity contribution is 0.101. The second-order valence-electron chi connectivity index (χ2n) is 5.54. The molecule has 0 radical (unpaired) electrons. The minimum absolute atomic E-state index is 0.0783. The van der Waals surface area contributed by atoms with Crippen molar-refractivity contribution in [1.82, 2.24) is 14.3 Å². The Hall–Kier alpha value is -2.77. The molecule has 0 aliphatic heterocycles. The minimum Gasteiger partial charge on any atom is -0.343 e. The van der Waals surface area contributed by atoms with Crippen molar-refractivity contribution in [2.45, 2.75) is 24.8 Å². The molecule has 2 aromatic heterocycles. The van der Waals surface area contributed by atoms with E-state index in [1.54, 1.807) is 13.8 Å². The molecule has 0 aliphatic carbocycles. The number of aromatic nitrogens is 2. The lowest BCUT2D eigenvalue weighted by Gasteiger charge is -2.08. The molecule has 0 fully saturated rings. The normalized spacial score (nSPS) is 11.4. The van der Waals surface area contributed by atoms with E-state index in [2.05, 4.69) is 15.0 Å². The van der Waals surface area contributed by atoms with Crippen LogP contribution in [0.5, 0.6) is 0 Å². The fourth-order valence-corrected chi connectivity index (χ4v) is 3.53. The standard InChI is InChI=1S/C15H16FN5O3S/c1-9(2)20-25(23,24)12-8-21(3)14(13(12)16)15(22)19-10-4-5-18-11(6-10)7-17/h4-6,8-9,20H,1-3H3,(H,18,19,22). The molecule has 0 spiro atoms. The Morgan fingerprint density at radius 3 is 2.72 bits per heavy atom. The number of aryl methyl sites for hydroxylation is 1. The fraction of sp³-hybridized carbons (Fsp3) is 0.267. The van der Waals surface area contributed by atoms with E-state index in [0.29, 0.717) is 0 Å². The third kappa shape index (κ3) is 4.01. The summed E-state index contributed by atoms with van der Waals surface area (Å²) in [5.41, 5.74) is -0.129. The van der Waals surface area contributed by atoms with Crippen LogP contribution in [-0.2, 0) is 17.1 Å². The molecule has 0 atom stereocenters. The molecule has 0 saturated carbocycles. The van der Waals surface area contributed by atoms with Gasteiger partial charge in [0.15, 0.2) is 5.82 Å². The quantitative estimate of drug-likeness (QED) is 0.830. The number of nitrogens with zero attached hydrogens (tertiary/aromatic N) is 3. The number of nitriles is 1. The molecule has 2 aromatic rings. The zero-order valence-corrected chi connectivity index (χ0v) is 14.6. The van der Waals surface area contributed by atoms with Gasteiger partial charge in [-0.15, -0.1) is 0 Å². The number of pyridine rings is 1. The Morgan fingerprint density at radius 2 is 2.12 bits per heavy atom. The first kappa shape index (κ1) is 18.6. The van der Waals surface area contributed by atoms with Gasteiger partial charge in [-0.25, -0.2) is 22.5 Å². The van der Waals surface area contributed by atoms with Crippen LogP contribution in [-0.4, -0.2) is 29.9 Å². The number of hydrogen-bond donors (Lipinski definition) is 2. The number of carbonyl (C=O) groups excluding carboxylic acids is 1. The molecule has 132 valence electrons. The SMILES string of the molecule is CC(C)NS(=O)(=O)c1cn(C)c(C(=O)Nc2ccnc(C#N)c2)c1F. The summed E-state index contributed by atoms with van der Waals surface area (Å²) < 4.78 is 42.2. The summed E-state index contributed by atoms with van der Waals surface area (Å²) in [7, 11) is -2.73. The van der Waals surface area contributed by atoms with E-state index in [-0.39, 0.29) is 11.4 Å². The highest BCUT2D eigenvalue weighted by atomic mass is 32.2. The van der Waals surface area contributed by atoms with Crippen LogP contribution in [0.15, 0.2) is 29.4 Å². The molecule has 2 rings (SSSR count). The van der Waals surface area contributed by atoms with Gasteiger partial charge in [0.1, 0.15) is 22.4 Å². The van der Waals surface area contributed by atoms with Crippen molar-refractivity contribution in [2.75, 3.05) is 5.32 Å². The Bertz CT molecular complexity index is 960. The van der Waals surface area contributed by atoms with Gasteiger partial charge in [0.05, 0.1) is 0 Å². The first-order valence-corrected chi connectivity index (χ1v) is 8.68. The predicted octanol–water partition coefficient (Wildman–Crippen LogP) is 1.37. The number of halogens is 1. The van der Waals surface area contributed by atoms with Crippen LogP contribution in [0.3, 0.4) is 0 Å². The van der Waals surface area contributed by atoms with Crippen molar-refractivity contribution in [2.24, 2.45) is 7.05 Å². The summed E-state index contributed by atoms with van der Waals surface area (Å²) in [6.45, 7) is 3.20. The highest BCUT2D eigenvalue weighted by Gasteiger charge is 2.28. The number of rotatable bonds is 5. The minimum atomic E-state index is -4.09. The largest absolute Gasteiger partial charge is 0.343 e. The molecule has 0 bridgehead atoms. The van der Waals surface area contributed by atoms with Crippen LogP contribution in [0.25, 0.3) is 0 Å². The zero-order valence-electron chi connectivity index (χ0n) is 13.7. The van der Waals surface area contributed by atoms with Gasteiger partial charge in [-0.05, 0) is 26.0 Å². The summed E-state index contributed by atoms with van der Waals surface area (Å²) >= 11 is 0. The summed E-state index contributed by atoms with van der Waals surface area (Å²) in [6, 6.07) is 4.13. The fourth-order valence-electron chi connectivity index (χ4n) is 2.15. The topological polar surface area (TPSA) is 117 Å². The number of anilines is 1. The molecule has 0 aliphatic rings. The average Bonchev–Trinajstić information content (AvgIpc) is 2.82. The first-order valence-electron chi connectivity index (χ1n) is 7.20. The van der Waals surface area contributed by atoms with E-state index in [1.807, 2.05) is 6.07 Å². The van der Waals surface area contributed by atoms with Crippen LogP contribution in [0.1, 0.15) is 30.0 Å². The van der Waals surface area contributed by atoms with Gasteiger partial charge in [0.25, 0.3) is 5.91 Å². The van der Waals surface area contributed by atoms with Crippen LogP contribution >= 0.6 is 0 Å². The van der Waals surface area contributed by atoms with Gasteiger partial charge in [-0.1, -0.05) is 0 Å². The second kappa shape index (κ2) is 7.00. The molecule has 10 heteroatoms. The highest BCUT2D eigenvalue weighted by Crippen LogP contribution is 2.21. The van der Waals surface area contributed by atoms with Crippen LogP contribution in [0.4, 0.5) is 10.1 Å². The molecule has 2 heterocycles. The predicted molar refractivity (Wildman–Crippen MR) is 87.7 cm³/mol. The van der Waals surface area contributed by atoms with Gasteiger partial charge in [-0.2, -0.15) is 5.26 Å². The van der Waals surface area contributed by atoms with E-state index < -0.39 is 38.4 Å². The number of nitrogens with one attached hydrogen (secondary N) is 2. The molecule has 2 N–H and O–H groups in total. The summed E-state index contributed by atoms with van der Waals surface area (Å²) in [5, 5.41) is 11.2. The molecule has 25 heavy (non-hydrogen) atoms. The average molecular weight is 365 g/mol. The highest BCUT2D eigenvalue weighted by molar-refractivity contribution is 7.89. The summed E-state index contributed by atoms with van der Waals surface area (Å²) in [5.74, 6) is -2.00. The first-order chi connectivity index (χ1) is 11.7. The van der Waals surface area contributed by atoms with Crippen LogP contribution in [0, 0.1) is 17.1 Å². The van der Waals surface area contributed by atoms with Gasteiger partial charge < -0.3 is 9.88 Å². The maximum atomic E-state index is 14.6. The van der Waals surface area contributed by atoms with Crippen molar-refractivity contribution in [1.29, 1.82) is 5.26 Å². The van der Waals surface area contributed by atoms with Crippen molar-refractivity contribution in [3.63, 3.8) is 0 Å². The summed E-state index contributed by atoms with van der Waals surface area (Å²) in [4.78, 5) is 15.5. The lowest BCUT2D eigenvalue weighted by atomic mass is 10.3. The molecular formula is C15H16FN5O3S. The van der Waals surface area contributed by atoms with Crippen LogP contribution in [0.2, 0.25) is 0 Å². The monoisotopic (exact) mass is 365 g/mol. The lowest BCUT2D eigenvalue weighted by Crippen LogP contribution is -2.30. The number of sulfonamides is 1. The third-order valence-corrected chi connectivity index (χ3v) is 4.76. The Morgan fingerprint density at radius 1 is 1.44 bits per heavy atom. The second-order valence-corrected chi connectivity index (χ2v) is 7.22. The van der Waals surface area contributed by atoms with Crippen molar-refractivity contribution in [3.05, 3.63) is 41.7 Å². The maximum Gasteiger partial charge on any atom is 0.275 e. The van der Waals surface area contributed by atoms with Gasteiger partial charge >= 0.3 is 0 Å². The third-order valence-electron chi connectivity index (χ3n) is 3.12. The van der Waals surface area contributed by atoms with Crippen molar-refractivity contribution >= 4 is 21.6 Å². The van der Waals surface area contributed by atoms with Crippen molar-refractivity contribution in [3.8, 4) is 6.07 Å². The van der Waals surface area contributed by atoms with Gasteiger partial charge in [-0.3, -0.25) is 4.79 Å². The van der Waals surface area contributed by atoms with E-state index >= 15 is 0 Å². The van der Waals surface area contributed by atoms with Crippen molar-refractivity contribution < 1.29 is 17.6 Å². The Kier molecular flexibility index (Phi) is 5.20. The van der Waals surface area contributed by atoms with E-state index in [4.69, 9.17) is 5.26 Å². The van der Waals surface area contributed by atoms with Gasteiger partial charge in [0, 0.05) is 31.2 Å². The molecule has 0 aromatic carbocycles. The molecule has 8 nitrogen and oxygen atoms in total. The number of carbonyl (C=O) groups is 1. The Labute approximate surface area is 144 Å². The van der Waals surface area contributed by atoms with Crippen LogP contribution < -0.4 is 10.0 Å². The number of hydrogen-bond acceptors (Lipinski definition) is 5. The number of amides is 1. The van der Waals surface area contributed by atoms with E-state index in [9.17, 15) is 17.6 Å². The van der Waals surface area contributed by atoms with E-state index in [1.165, 1.54) is 25.4 Å². The van der Waals surface area contributed by atoms with E-state index in [0.717, 1.165) is 10.8 Å². The zero-order chi connectivity index (χ0) is 18.8.